The predicted octanol–water partition coefficient (Wildman–Crippen LogP) is 3.47. The molecule has 0 saturated carbocycles. The zero-order chi connectivity index (χ0) is 10.5. The van der Waals surface area contributed by atoms with Crippen molar-refractivity contribution in [2.75, 3.05) is 6.61 Å². The molecular formula is C12H26O. The summed E-state index contributed by atoms with van der Waals surface area (Å²) in [7, 11) is 0. The molecule has 0 spiro atoms. The summed E-state index contributed by atoms with van der Waals surface area (Å²) in [4.78, 5) is 0. The van der Waals surface area contributed by atoms with E-state index in [1.807, 2.05) is 0 Å². The Morgan fingerprint density at radius 1 is 1.08 bits per heavy atom. The van der Waals surface area contributed by atoms with E-state index in [0.717, 1.165) is 0 Å². The van der Waals surface area contributed by atoms with Crippen LogP contribution in [0.3, 0.4) is 0 Å². The van der Waals surface area contributed by atoms with Gasteiger partial charge in [0.05, 0.1) is 0 Å². The van der Waals surface area contributed by atoms with Crippen LogP contribution in [0.1, 0.15) is 53.9 Å². The van der Waals surface area contributed by atoms with Crippen LogP contribution in [0.2, 0.25) is 0 Å². The zero-order valence-electron chi connectivity index (χ0n) is 9.93. The SMILES string of the molecule is CC(CO)C(C)CCCC(C)(C)C. The van der Waals surface area contributed by atoms with Crippen LogP contribution in [-0.4, -0.2) is 11.7 Å². The van der Waals surface area contributed by atoms with E-state index in [-0.39, 0.29) is 0 Å². The fourth-order valence-corrected chi connectivity index (χ4v) is 1.42. The highest BCUT2D eigenvalue weighted by atomic mass is 16.3. The summed E-state index contributed by atoms with van der Waals surface area (Å²) in [6, 6.07) is 0. The third-order valence-corrected chi connectivity index (χ3v) is 2.85. The summed E-state index contributed by atoms with van der Waals surface area (Å²) < 4.78 is 0. The highest BCUT2D eigenvalue weighted by Gasteiger charge is 2.14. The summed E-state index contributed by atoms with van der Waals surface area (Å²) in [5.41, 5.74) is 0.460. The molecule has 0 aromatic rings. The van der Waals surface area contributed by atoms with E-state index in [4.69, 9.17) is 5.11 Å². The van der Waals surface area contributed by atoms with Gasteiger partial charge in [-0.1, -0.05) is 47.5 Å². The quantitative estimate of drug-likeness (QED) is 0.697. The smallest absolute Gasteiger partial charge is 0.0459 e. The van der Waals surface area contributed by atoms with Crippen molar-refractivity contribution in [1.29, 1.82) is 0 Å². The molecule has 0 fully saturated rings. The molecule has 13 heavy (non-hydrogen) atoms. The van der Waals surface area contributed by atoms with Gasteiger partial charge in [0, 0.05) is 6.61 Å². The largest absolute Gasteiger partial charge is 0.396 e. The maximum absolute atomic E-state index is 8.96. The Balaban J connectivity index is 3.53. The highest BCUT2D eigenvalue weighted by Crippen LogP contribution is 2.25. The van der Waals surface area contributed by atoms with Gasteiger partial charge >= 0.3 is 0 Å². The first-order valence-electron chi connectivity index (χ1n) is 5.47. The van der Waals surface area contributed by atoms with Gasteiger partial charge in [-0.2, -0.15) is 0 Å². The second kappa shape index (κ2) is 5.64. The molecule has 0 aromatic carbocycles. The van der Waals surface area contributed by atoms with Crippen molar-refractivity contribution in [1.82, 2.24) is 0 Å². The van der Waals surface area contributed by atoms with E-state index in [2.05, 4.69) is 34.6 Å². The lowest BCUT2D eigenvalue weighted by Crippen LogP contribution is -2.13. The van der Waals surface area contributed by atoms with Crippen LogP contribution in [0.4, 0.5) is 0 Å². The fourth-order valence-electron chi connectivity index (χ4n) is 1.42. The minimum atomic E-state index is 0.330. The van der Waals surface area contributed by atoms with E-state index in [0.29, 0.717) is 23.9 Å². The van der Waals surface area contributed by atoms with Crippen LogP contribution < -0.4 is 0 Å². The van der Waals surface area contributed by atoms with Gasteiger partial charge in [0.15, 0.2) is 0 Å². The second-order valence-corrected chi connectivity index (χ2v) is 5.59. The lowest BCUT2D eigenvalue weighted by atomic mass is 9.85. The van der Waals surface area contributed by atoms with Crippen LogP contribution in [0.25, 0.3) is 0 Å². The Hall–Kier alpha value is -0.0400. The van der Waals surface area contributed by atoms with Gasteiger partial charge in [-0.3, -0.25) is 0 Å². The Bertz CT molecular complexity index is 124. The standard InChI is InChI=1S/C12H26O/c1-10(11(2)9-13)7-6-8-12(3,4)5/h10-11,13H,6-9H2,1-5H3. The minimum absolute atomic E-state index is 0.330. The van der Waals surface area contributed by atoms with Gasteiger partial charge in [-0.05, 0) is 23.7 Å². The van der Waals surface area contributed by atoms with Gasteiger partial charge in [-0.25, -0.2) is 0 Å². The molecule has 0 rings (SSSR count). The molecule has 0 aliphatic heterocycles. The van der Waals surface area contributed by atoms with E-state index < -0.39 is 0 Å². The van der Waals surface area contributed by atoms with Crippen molar-refractivity contribution < 1.29 is 5.11 Å². The van der Waals surface area contributed by atoms with Gasteiger partial charge in [0.1, 0.15) is 0 Å². The van der Waals surface area contributed by atoms with Crippen LogP contribution in [0, 0.1) is 17.3 Å². The monoisotopic (exact) mass is 186 g/mol. The van der Waals surface area contributed by atoms with Crippen molar-refractivity contribution in [3.63, 3.8) is 0 Å². The molecule has 0 saturated heterocycles. The van der Waals surface area contributed by atoms with Crippen LogP contribution in [0.5, 0.6) is 0 Å². The third-order valence-electron chi connectivity index (χ3n) is 2.85. The molecule has 2 atom stereocenters. The van der Waals surface area contributed by atoms with E-state index in [1.165, 1.54) is 19.3 Å². The van der Waals surface area contributed by atoms with Crippen molar-refractivity contribution in [3.05, 3.63) is 0 Å². The lowest BCUT2D eigenvalue weighted by molar-refractivity contribution is 0.185. The van der Waals surface area contributed by atoms with Crippen molar-refractivity contribution in [3.8, 4) is 0 Å². The molecule has 0 aliphatic rings. The highest BCUT2D eigenvalue weighted by molar-refractivity contribution is 4.65. The van der Waals surface area contributed by atoms with Gasteiger partial charge in [-0.15, -0.1) is 0 Å². The predicted molar refractivity (Wildman–Crippen MR) is 58.7 cm³/mol. The summed E-state index contributed by atoms with van der Waals surface area (Å²) in [5, 5.41) is 8.96. The van der Waals surface area contributed by atoms with Crippen molar-refractivity contribution >= 4 is 0 Å². The topological polar surface area (TPSA) is 20.2 Å². The Morgan fingerprint density at radius 3 is 2.00 bits per heavy atom. The number of rotatable bonds is 5. The number of hydrogen-bond acceptors (Lipinski definition) is 1. The maximum atomic E-state index is 8.96. The summed E-state index contributed by atoms with van der Waals surface area (Å²) in [6.07, 6.45) is 3.82. The summed E-state index contributed by atoms with van der Waals surface area (Å²) in [6.45, 7) is 11.6. The van der Waals surface area contributed by atoms with Gasteiger partial charge in [0.2, 0.25) is 0 Å². The number of aliphatic hydroxyl groups is 1. The maximum Gasteiger partial charge on any atom is 0.0459 e. The minimum Gasteiger partial charge on any atom is -0.396 e. The zero-order valence-corrected chi connectivity index (χ0v) is 9.93. The third kappa shape index (κ3) is 7.06. The molecule has 0 aromatic heterocycles. The molecule has 0 aliphatic carbocycles. The fraction of sp³-hybridized carbons (Fsp3) is 1.00. The molecular weight excluding hydrogens is 160 g/mol. The first-order chi connectivity index (χ1) is 5.87. The average molecular weight is 186 g/mol. The number of aliphatic hydroxyl groups excluding tert-OH is 1. The molecule has 0 heterocycles. The molecule has 0 radical (unpaired) electrons. The molecule has 0 bridgehead atoms. The van der Waals surface area contributed by atoms with E-state index >= 15 is 0 Å². The normalized spacial score (nSPS) is 17.1. The van der Waals surface area contributed by atoms with Gasteiger partial charge < -0.3 is 5.11 Å². The number of hydrogen-bond donors (Lipinski definition) is 1. The molecule has 1 nitrogen and oxygen atoms in total. The summed E-state index contributed by atoms with van der Waals surface area (Å²) >= 11 is 0. The lowest BCUT2D eigenvalue weighted by Gasteiger charge is -2.21. The molecule has 0 amide bonds. The molecule has 80 valence electrons. The van der Waals surface area contributed by atoms with Crippen molar-refractivity contribution in [2.45, 2.75) is 53.9 Å². The molecule has 1 N–H and O–H groups in total. The Kier molecular flexibility index (Phi) is 5.62. The van der Waals surface area contributed by atoms with Crippen LogP contribution in [-0.2, 0) is 0 Å². The first-order valence-corrected chi connectivity index (χ1v) is 5.47. The first kappa shape index (κ1) is 13.0. The Morgan fingerprint density at radius 2 is 1.62 bits per heavy atom. The van der Waals surface area contributed by atoms with E-state index in [9.17, 15) is 0 Å². The summed E-state index contributed by atoms with van der Waals surface area (Å²) in [5.74, 6) is 1.12. The van der Waals surface area contributed by atoms with Gasteiger partial charge in [0.25, 0.3) is 0 Å². The van der Waals surface area contributed by atoms with Crippen LogP contribution >= 0.6 is 0 Å². The average Bonchev–Trinajstić information content (AvgIpc) is 2.00. The van der Waals surface area contributed by atoms with E-state index in [1.54, 1.807) is 0 Å². The van der Waals surface area contributed by atoms with Crippen molar-refractivity contribution in [2.24, 2.45) is 17.3 Å². The van der Waals surface area contributed by atoms with Crippen LogP contribution in [0.15, 0.2) is 0 Å². The Labute approximate surface area is 83.5 Å². The molecule has 2 unspecified atom stereocenters. The second-order valence-electron chi connectivity index (χ2n) is 5.59. The molecule has 1 heteroatoms.